The van der Waals surface area contributed by atoms with Gasteiger partial charge in [0.1, 0.15) is 23.1 Å². The Morgan fingerprint density at radius 1 is 1.11 bits per heavy atom. The number of benzene rings is 1. The first kappa shape index (κ1) is 19.1. The molecule has 0 saturated carbocycles. The highest BCUT2D eigenvalue weighted by Crippen LogP contribution is 2.38. The van der Waals surface area contributed by atoms with Gasteiger partial charge < -0.3 is 24.0 Å². The zero-order chi connectivity index (χ0) is 19.2. The summed E-state index contributed by atoms with van der Waals surface area (Å²) in [6, 6.07) is 5.78. The molecule has 2 fully saturated rings. The molecule has 1 aromatic carbocycles. The van der Waals surface area contributed by atoms with Crippen LogP contribution in [0.15, 0.2) is 17.7 Å². The Hall–Kier alpha value is -2.72. The Labute approximate surface area is 159 Å². The molecular formula is C20H25N3O4. The van der Waals surface area contributed by atoms with Crippen molar-refractivity contribution in [1.29, 1.82) is 5.26 Å². The summed E-state index contributed by atoms with van der Waals surface area (Å²) >= 11 is 0. The Bertz CT molecular complexity index is 757. The number of anilines is 1. The lowest BCUT2D eigenvalue weighted by molar-refractivity contribution is -0.130. The number of amides is 1. The van der Waals surface area contributed by atoms with Gasteiger partial charge in [-0.25, -0.2) is 0 Å². The number of hydrogen-bond donors (Lipinski definition) is 0. The summed E-state index contributed by atoms with van der Waals surface area (Å²) in [7, 11) is 3.21. The van der Waals surface area contributed by atoms with Crippen LogP contribution in [0.3, 0.4) is 0 Å². The lowest BCUT2D eigenvalue weighted by Crippen LogP contribution is -2.41. The quantitative estimate of drug-likeness (QED) is 0.583. The van der Waals surface area contributed by atoms with Gasteiger partial charge in [-0.1, -0.05) is 0 Å². The summed E-state index contributed by atoms with van der Waals surface area (Å²) in [6.07, 6.45) is 3.88. The van der Waals surface area contributed by atoms with E-state index in [1.54, 1.807) is 25.2 Å². The molecule has 144 valence electrons. The van der Waals surface area contributed by atoms with E-state index < -0.39 is 0 Å². The van der Waals surface area contributed by atoms with E-state index in [-0.39, 0.29) is 11.5 Å². The Morgan fingerprint density at radius 3 is 2.37 bits per heavy atom. The third kappa shape index (κ3) is 4.17. The molecule has 3 rings (SSSR count). The van der Waals surface area contributed by atoms with Crippen LogP contribution in [-0.2, 0) is 9.53 Å². The van der Waals surface area contributed by atoms with E-state index >= 15 is 0 Å². The second-order valence-electron chi connectivity index (χ2n) is 6.53. The molecule has 7 nitrogen and oxygen atoms in total. The molecule has 0 aliphatic carbocycles. The maximum atomic E-state index is 12.7. The molecule has 2 aliphatic heterocycles. The highest BCUT2D eigenvalue weighted by molar-refractivity contribution is 6.02. The Kier molecular flexibility index (Phi) is 6.20. The average Bonchev–Trinajstić information content (AvgIpc) is 3.26. The Balaban J connectivity index is 1.94. The van der Waals surface area contributed by atoms with Crippen LogP contribution in [0.25, 0.3) is 6.08 Å². The number of carbonyl (C=O) groups is 1. The third-order valence-corrected chi connectivity index (χ3v) is 4.93. The van der Waals surface area contributed by atoms with Gasteiger partial charge in [-0.3, -0.25) is 4.79 Å². The van der Waals surface area contributed by atoms with Gasteiger partial charge >= 0.3 is 0 Å². The number of methoxy groups -OCH3 is 2. The lowest BCUT2D eigenvalue weighted by Gasteiger charge is -2.26. The summed E-state index contributed by atoms with van der Waals surface area (Å²) in [5.74, 6) is 1.03. The van der Waals surface area contributed by atoms with Crippen LogP contribution in [0.5, 0.6) is 11.5 Å². The van der Waals surface area contributed by atoms with Crippen LogP contribution in [-0.4, -0.2) is 64.4 Å². The highest BCUT2D eigenvalue weighted by atomic mass is 16.5. The highest BCUT2D eigenvalue weighted by Gasteiger charge is 2.23. The molecular weight excluding hydrogens is 346 g/mol. The van der Waals surface area contributed by atoms with Gasteiger partial charge in [0, 0.05) is 37.8 Å². The van der Waals surface area contributed by atoms with E-state index in [1.807, 2.05) is 18.2 Å². The minimum atomic E-state index is -0.287. The summed E-state index contributed by atoms with van der Waals surface area (Å²) in [5.41, 5.74) is 1.70. The third-order valence-electron chi connectivity index (χ3n) is 4.93. The zero-order valence-corrected chi connectivity index (χ0v) is 15.9. The van der Waals surface area contributed by atoms with Gasteiger partial charge in [-0.15, -0.1) is 0 Å². The minimum absolute atomic E-state index is 0.0752. The number of ether oxygens (including phenoxy) is 3. The van der Waals surface area contributed by atoms with Crippen molar-refractivity contribution in [3.8, 4) is 17.6 Å². The first-order valence-corrected chi connectivity index (χ1v) is 9.17. The standard InChI is InChI=1S/C20H25N3O4/c1-25-18-13-17(22-5-3-4-6-22)19(26-2)12-15(18)11-16(14-21)20(24)23-7-9-27-10-8-23/h11-13H,3-10H2,1-2H3/b16-11-. The van der Waals surface area contributed by atoms with Crippen LogP contribution in [0.4, 0.5) is 5.69 Å². The fourth-order valence-corrected chi connectivity index (χ4v) is 3.46. The van der Waals surface area contributed by atoms with E-state index in [0.717, 1.165) is 31.6 Å². The molecule has 0 unspecified atom stereocenters. The first-order chi connectivity index (χ1) is 13.2. The lowest BCUT2D eigenvalue weighted by atomic mass is 10.1. The topological polar surface area (TPSA) is 75.0 Å². The number of carbonyl (C=O) groups excluding carboxylic acids is 1. The number of hydrogen-bond acceptors (Lipinski definition) is 6. The molecule has 27 heavy (non-hydrogen) atoms. The molecule has 1 aromatic rings. The van der Waals surface area contributed by atoms with Gasteiger partial charge in [0.15, 0.2) is 0 Å². The van der Waals surface area contributed by atoms with Gasteiger partial charge in [-0.05, 0) is 25.0 Å². The summed E-state index contributed by atoms with van der Waals surface area (Å²) in [6.45, 7) is 3.93. The molecule has 2 saturated heterocycles. The van der Waals surface area contributed by atoms with Crippen molar-refractivity contribution in [2.45, 2.75) is 12.8 Å². The molecule has 0 N–H and O–H groups in total. The van der Waals surface area contributed by atoms with Crippen molar-refractivity contribution < 1.29 is 19.0 Å². The van der Waals surface area contributed by atoms with Gasteiger partial charge in [0.05, 0.1) is 33.1 Å². The van der Waals surface area contributed by atoms with Crippen LogP contribution in [0.1, 0.15) is 18.4 Å². The molecule has 0 bridgehead atoms. The van der Waals surface area contributed by atoms with Gasteiger partial charge in [-0.2, -0.15) is 5.26 Å². The van der Waals surface area contributed by atoms with Crippen LogP contribution < -0.4 is 14.4 Å². The molecule has 0 aromatic heterocycles. The van der Waals surface area contributed by atoms with E-state index in [2.05, 4.69) is 4.90 Å². The SMILES string of the molecule is COc1cc(N2CCCC2)c(OC)cc1/C=C(/C#N)C(=O)N1CCOCC1. The molecule has 7 heteroatoms. The van der Waals surface area contributed by atoms with Gasteiger partial charge in [0.2, 0.25) is 0 Å². The van der Waals surface area contributed by atoms with Crippen LogP contribution >= 0.6 is 0 Å². The van der Waals surface area contributed by atoms with Crippen molar-refractivity contribution in [2.24, 2.45) is 0 Å². The molecule has 0 atom stereocenters. The maximum Gasteiger partial charge on any atom is 0.264 e. The number of nitriles is 1. The van der Waals surface area contributed by atoms with E-state index in [0.29, 0.717) is 43.4 Å². The fourth-order valence-electron chi connectivity index (χ4n) is 3.46. The maximum absolute atomic E-state index is 12.7. The summed E-state index contributed by atoms with van der Waals surface area (Å²) in [5, 5.41) is 9.53. The normalized spacial score (nSPS) is 17.6. The molecule has 2 heterocycles. The molecule has 2 aliphatic rings. The summed E-state index contributed by atoms with van der Waals surface area (Å²) in [4.78, 5) is 16.6. The minimum Gasteiger partial charge on any atom is -0.496 e. The van der Waals surface area contributed by atoms with Crippen molar-refractivity contribution in [3.05, 3.63) is 23.3 Å². The monoisotopic (exact) mass is 371 g/mol. The van der Waals surface area contributed by atoms with Crippen molar-refractivity contribution in [2.75, 3.05) is 58.5 Å². The molecule has 0 radical (unpaired) electrons. The van der Waals surface area contributed by atoms with E-state index in [4.69, 9.17) is 14.2 Å². The molecule has 0 spiro atoms. The van der Waals surface area contributed by atoms with E-state index in [1.165, 1.54) is 0 Å². The van der Waals surface area contributed by atoms with Gasteiger partial charge in [0.25, 0.3) is 5.91 Å². The first-order valence-electron chi connectivity index (χ1n) is 9.17. The molecule has 1 amide bonds. The van der Waals surface area contributed by atoms with Crippen LogP contribution in [0, 0.1) is 11.3 Å². The zero-order valence-electron chi connectivity index (χ0n) is 15.9. The fraction of sp³-hybridized carbons (Fsp3) is 0.500. The smallest absolute Gasteiger partial charge is 0.264 e. The average molecular weight is 371 g/mol. The predicted octanol–water partition coefficient (Wildman–Crippen LogP) is 2.07. The largest absolute Gasteiger partial charge is 0.496 e. The van der Waals surface area contributed by atoms with Crippen molar-refractivity contribution in [3.63, 3.8) is 0 Å². The second kappa shape index (κ2) is 8.78. The Morgan fingerprint density at radius 2 is 1.78 bits per heavy atom. The van der Waals surface area contributed by atoms with E-state index in [9.17, 15) is 10.1 Å². The predicted molar refractivity (Wildman–Crippen MR) is 102 cm³/mol. The number of nitrogens with zero attached hydrogens (tertiary/aromatic N) is 3. The van der Waals surface area contributed by atoms with Crippen molar-refractivity contribution >= 4 is 17.7 Å². The number of morpholine rings is 1. The van der Waals surface area contributed by atoms with Crippen LogP contribution in [0.2, 0.25) is 0 Å². The number of rotatable bonds is 5. The van der Waals surface area contributed by atoms with Crippen molar-refractivity contribution in [1.82, 2.24) is 4.90 Å². The second-order valence-corrected chi connectivity index (χ2v) is 6.53. The summed E-state index contributed by atoms with van der Waals surface area (Å²) < 4.78 is 16.4.